The number of carbonyl (C=O) groups excluding carboxylic acids is 5. The molecule has 32 heavy (non-hydrogen) atoms. The van der Waals surface area contributed by atoms with Crippen molar-refractivity contribution in [3.05, 3.63) is 0 Å². The molecule has 0 spiro atoms. The molecule has 15 heteroatoms. The second kappa shape index (κ2) is 13.5. The van der Waals surface area contributed by atoms with Crippen LogP contribution in [-0.4, -0.2) is 75.9 Å². The van der Waals surface area contributed by atoms with Crippen molar-refractivity contribution in [1.29, 1.82) is 0 Å². The van der Waals surface area contributed by atoms with Gasteiger partial charge in [-0.3, -0.25) is 33.6 Å². The first-order valence-corrected chi connectivity index (χ1v) is 9.42. The summed E-state index contributed by atoms with van der Waals surface area (Å²) in [6, 6.07) is -5.62. The average Bonchev–Trinajstić information content (AvgIpc) is 2.67. The predicted molar refractivity (Wildman–Crippen MR) is 106 cm³/mol. The van der Waals surface area contributed by atoms with Crippen LogP contribution in [0.5, 0.6) is 0 Å². The second-order valence-electron chi connectivity index (χ2n) is 6.91. The largest absolute Gasteiger partial charge is 0.481 e. The number of nitrogens with two attached hydrogens (primary N) is 3. The molecule has 0 bridgehead atoms. The summed E-state index contributed by atoms with van der Waals surface area (Å²) in [7, 11) is 0. The van der Waals surface area contributed by atoms with Gasteiger partial charge >= 0.3 is 11.9 Å². The summed E-state index contributed by atoms with van der Waals surface area (Å²) in [5.74, 6) is -7.27. The summed E-state index contributed by atoms with van der Waals surface area (Å²) in [6.45, 7) is 1.15. The van der Waals surface area contributed by atoms with Gasteiger partial charge < -0.3 is 43.4 Å². The molecule has 0 aliphatic heterocycles. The molecule has 4 atom stereocenters. The molecular formula is C17H28N6O9. The van der Waals surface area contributed by atoms with Crippen LogP contribution in [0.2, 0.25) is 0 Å². The van der Waals surface area contributed by atoms with Crippen LogP contribution in [0, 0.1) is 0 Å². The fraction of sp³-hybridized carbons (Fsp3) is 0.588. The SMILES string of the molecule is CC(NC(=O)C(CC(N)=O)NC(=O)C(CCC(N)=O)NC(=O)C(N)CCC(=O)O)C(=O)O. The van der Waals surface area contributed by atoms with Crippen molar-refractivity contribution in [1.82, 2.24) is 16.0 Å². The van der Waals surface area contributed by atoms with Crippen molar-refractivity contribution in [2.24, 2.45) is 17.2 Å². The highest BCUT2D eigenvalue weighted by Crippen LogP contribution is 2.03. The van der Waals surface area contributed by atoms with Crippen LogP contribution in [0.4, 0.5) is 0 Å². The van der Waals surface area contributed by atoms with Gasteiger partial charge in [0, 0.05) is 12.8 Å². The van der Waals surface area contributed by atoms with Gasteiger partial charge in [0.15, 0.2) is 0 Å². The molecular weight excluding hydrogens is 432 g/mol. The van der Waals surface area contributed by atoms with Gasteiger partial charge in [0.05, 0.1) is 12.5 Å². The van der Waals surface area contributed by atoms with Crippen molar-refractivity contribution < 1.29 is 43.8 Å². The van der Waals surface area contributed by atoms with Crippen LogP contribution in [0.15, 0.2) is 0 Å². The third-order valence-corrected chi connectivity index (χ3v) is 4.09. The number of primary amides is 2. The van der Waals surface area contributed by atoms with Gasteiger partial charge in [-0.2, -0.15) is 0 Å². The van der Waals surface area contributed by atoms with E-state index in [1.807, 2.05) is 0 Å². The first kappa shape index (κ1) is 28.2. The molecule has 0 heterocycles. The smallest absolute Gasteiger partial charge is 0.325 e. The molecule has 0 aromatic rings. The number of amides is 5. The Morgan fingerprint density at radius 2 is 1.28 bits per heavy atom. The van der Waals surface area contributed by atoms with Gasteiger partial charge in [-0.05, 0) is 19.8 Å². The molecule has 0 saturated heterocycles. The monoisotopic (exact) mass is 460 g/mol. The Labute approximate surface area is 182 Å². The van der Waals surface area contributed by atoms with Crippen LogP contribution in [0.1, 0.15) is 39.0 Å². The highest BCUT2D eigenvalue weighted by molar-refractivity contribution is 5.96. The van der Waals surface area contributed by atoms with Gasteiger partial charge in [0.2, 0.25) is 29.5 Å². The summed E-state index contributed by atoms with van der Waals surface area (Å²) in [5, 5.41) is 24.0. The minimum absolute atomic E-state index is 0.231. The maximum Gasteiger partial charge on any atom is 0.325 e. The third kappa shape index (κ3) is 11.4. The number of nitrogens with one attached hydrogen (secondary N) is 3. The Morgan fingerprint density at radius 3 is 1.75 bits per heavy atom. The Hall–Kier alpha value is -3.75. The van der Waals surface area contributed by atoms with E-state index in [9.17, 15) is 33.6 Å². The van der Waals surface area contributed by atoms with E-state index < -0.39 is 78.5 Å². The molecule has 15 nitrogen and oxygen atoms in total. The molecule has 180 valence electrons. The van der Waals surface area contributed by atoms with Gasteiger partial charge in [0.1, 0.15) is 18.1 Å². The Balaban J connectivity index is 5.41. The molecule has 0 saturated carbocycles. The minimum atomic E-state index is -1.57. The Morgan fingerprint density at radius 1 is 0.750 bits per heavy atom. The predicted octanol–water partition coefficient (Wildman–Crippen LogP) is -4.12. The van der Waals surface area contributed by atoms with E-state index in [2.05, 4.69) is 16.0 Å². The van der Waals surface area contributed by atoms with E-state index in [4.69, 9.17) is 27.4 Å². The van der Waals surface area contributed by atoms with E-state index in [1.165, 1.54) is 0 Å². The number of hydrogen-bond donors (Lipinski definition) is 8. The molecule has 0 aliphatic rings. The maximum absolute atomic E-state index is 12.6. The van der Waals surface area contributed by atoms with Crippen LogP contribution < -0.4 is 33.2 Å². The zero-order valence-corrected chi connectivity index (χ0v) is 17.3. The number of carboxylic acids is 2. The topological polar surface area (TPSA) is 274 Å². The highest BCUT2D eigenvalue weighted by atomic mass is 16.4. The van der Waals surface area contributed by atoms with E-state index >= 15 is 0 Å². The van der Waals surface area contributed by atoms with Gasteiger partial charge in [-0.1, -0.05) is 0 Å². The van der Waals surface area contributed by atoms with E-state index in [0.717, 1.165) is 6.92 Å². The van der Waals surface area contributed by atoms with Crippen molar-refractivity contribution >= 4 is 41.5 Å². The number of hydrogen-bond acceptors (Lipinski definition) is 8. The Kier molecular flexibility index (Phi) is 11.9. The lowest BCUT2D eigenvalue weighted by molar-refractivity contribution is -0.142. The van der Waals surface area contributed by atoms with Crippen molar-refractivity contribution in [3.8, 4) is 0 Å². The summed E-state index contributed by atoms with van der Waals surface area (Å²) in [5.41, 5.74) is 15.7. The molecule has 0 radical (unpaired) electrons. The lowest BCUT2D eigenvalue weighted by Crippen LogP contribution is -2.57. The lowest BCUT2D eigenvalue weighted by atomic mass is 10.1. The molecule has 4 unspecified atom stereocenters. The van der Waals surface area contributed by atoms with E-state index in [-0.39, 0.29) is 19.3 Å². The normalized spacial score (nSPS) is 14.2. The second-order valence-corrected chi connectivity index (χ2v) is 6.91. The quantitative estimate of drug-likeness (QED) is 0.117. The standard InChI is InChI=1S/C17H28N6O9/c1-7(17(31)32)21-16(30)10(6-12(20)25)23-15(29)9(3-4-11(19)24)22-14(28)8(18)2-5-13(26)27/h7-10H,2-6,18H2,1H3,(H2,19,24)(H2,20,25)(H,21,30)(H,22,28)(H,23,29)(H,26,27)(H,31,32). The van der Waals surface area contributed by atoms with E-state index in [0.29, 0.717) is 0 Å². The number of rotatable bonds is 15. The first-order chi connectivity index (χ1) is 14.7. The number of aliphatic carboxylic acids is 2. The Bertz CT molecular complexity index is 757. The maximum atomic E-state index is 12.6. The zero-order valence-electron chi connectivity index (χ0n) is 17.3. The van der Waals surface area contributed by atoms with Gasteiger partial charge in [-0.25, -0.2) is 0 Å². The van der Waals surface area contributed by atoms with Gasteiger partial charge in [-0.15, -0.1) is 0 Å². The fourth-order valence-corrected chi connectivity index (χ4v) is 2.30. The molecule has 0 fully saturated rings. The molecule has 5 amide bonds. The molecule has 0 aromatic carbocycles. The van der Waals surface area contributed by atoms with Crippen LogP contribution in [-0.2, 0) is 33.6 Å². The number of carbonyl (C=O) groups is 7. The lowest BCUT2D eigenvalue weighted by Gasteiger charge is -2.24. The van der Waals surface area contributed by atoms with Crippen molar-refractivity contribution in [2.45, 2.75) is 63.2 Å². The third-order valence-electron chi connectivity index (χ3n) is 4.09. The average molecular weight is 460 g/mol. The van der Waals surface area contributed by atoms with Gasteiger partial charge in [0.25, 0.3) is 0 Å². The summed E-state index contributed by atoms with van der Waals surface area (Å²) in [4.78, 5) is 81.0. The molecule has 0 rings (SSSR count). The van der Waals surface area contributed by atoms with Crippen molar-refractivity contribution in [3.63, 3.8) is 0 Å². The first-order valence-electron chi connectivity index (χ1n) is 9.42. The molecule has 11 N–H and O–H groups in total. The minimum Gasteiger partial charge on any atom is -0.481 e. The van der Waals surface area contributed by atoms with Crippen LogP contribution in [0.3, 0.4) is 0 Å². The fourth-order valence-electron chi connectivity index (χ4n) is 2.30. The van der Waals surface area contributed by atoms with Crippen LogP contribution in [0.25, 0.3) is 0 Å². The van der Waals surface area contributed by atoms with Crippen molar-refractivity contribution in [2.75, 3.05) is 0 Å². The highest BCUT2D eigenvalue weighted by Gasteiger charge is 2.30. The zero-order chi connectivity index (χ0) is 25.0. The molecule has 0 aromatic heterocycles. The summed E-state index contributed by atoms with van der Waals surface area (Å²) in [6.07, 6.45) is -1.96. The number of carboxylic acid groups (broad SMARTS) is 2. The summed E-state index contributed by atoms with van der Waals surface area (Å²) >= 11 is 0. The molecule has 0 aliphatic carbocycles. The van der Waals surface area contributed by atoms with E-state index in [1.54, 1.807) is 0 Å². The van der Waals surface area contributed by atoms with Crippen LogP contribution >= 0.6 is 0 Å². The summed E-state index contributed by atoms with van der Waals surface area (Å²) < 4.78 is 0.